The standard InChI is InChI=1S/C17H23N3O/c1-11-7-8-17(21)13(9-11)12(2)19-15-5-4-6-16-14(15)10-18-20(16)3/h7-10,12,15,19,21H,4-6H2,1-3H3. The first kappa shape index (κ1) is 14.1. The molecule has 1 aliphatic carbocycles. The molecule has 2 aromatic rings. The van der Waals surface area contributed by atoms with Crippen LogP contribution in [0.4, 0.5) is 0 Å². The van der Waals surface area contributed by atoms with E-state index in [1.165, 1.54) is 23.2 Å². The maximum Gasteiger partial charge on any atom is 0.120 e. The van der Waals surface area contributed by atoms with Gasteiger partial charge in [-0.15, -0.1) is 0 Å². The van der Waals surface area contributed by atoms with Gasteiger partial charge in [-0.1, -0.05) is 17.7 Å². The molecule has 1 aromatic carbocycles. The Bertz CT molecular complexity index is 647. The molecule has 1 heterocycles. The van der Waals surface area contributed by atoms with Gasteiger partial charge >= 0.3 is 0 Å². The SMILES string of the molecule is Cc1ccc(O)c(C(C)NC2CCCc3c2cnn3C)c1. The average molecular weight is 285 g/mol. The van der Waals surface area contributed by atoms with Crippen LogP contribution in [0.1, 0.15) is 54.2 Å². The normalized spacial score (nSPS) is 19.3. The Morgan fingerprint density at radius 3 is 3.05 bits per heavy atom. The third-order valence-corrected chi connectivity index (χ3v) is 4.48. The third-order valence-electron chi connectivity index (χ3n) is 4.48. The van der Waals surface area contributed by atoms with Crippen LogP contribution in [0.25, 0.3) is 0 Å². The molecule has 2 atom stereocenters. The second-order valence-corrected chi connectivity index (χ2v) is 6.07. The van der Waals surface area contributed by atoms with E-state index in [1.807, 2.05) is 24.0 Å². The van der Waals surface area contributed by atoms with Crippen molar-refractivity contribution in [2.45, 2.75) is 45.2 Å². The van der Waals surface area contributed by atoms with E-state index >= 15 is 0 Å². The summed E-state index contributed by atoms with van der Waals surface area (Å²) in [6.07, 6.45) is 5.38. The van der Waals surface area contributed by atoms with Crippen LogP contribution in [0, 0.1) is 6.92 Å². The highest BCUT2D eigenvalue weighted by Gasteiger charge is 2.25. The fourth-order valence-corrected chi connectivity index (χ4v) is 3.29. The van der Waals surface area contributed by atoms with Gasteiger partial charge in [0.15, 0.2) is 0 Å². The van der Waals surface area contributed by atoms with Gasteiger partial charge in [0.25, 0.3) is 0 Å². The predicted molar refractivity (Wildman–Crippen MR) is 83.3 cm³/mol. The lowest BCUT2D eigenvalue weighted by Gasteiger charge is -2.27. The molecule has 0 aliphatic heterocycles. The number of hydrogen-bond donors (Lipinski definition) is 2. The van der Waals surface area contributed by atoms with E-state index < -0.39 is 0 Å². The van der Waals surface area contributed by atoms with E-state index in [4.69, 9.17) is 0 Å². The molecule has 21 heavy (non-hydrogen) atoms. The van der Waals surface area contributed by atoms with Gasteiger partial charge in [-0.05, 0) is 39.2 Å². The summed E-state index contributed by atoms with van der Waals surface area (Å²) in [7, 11) is 2.01. The summed E-state index contributed by atoms with van der Waals surface area (Å²) in [5.41, 5.74) is 4.77. The first-order valence-corrected chi connectivity index (χ1v) is 7.62. The molecule has 0 amide bonds. The van der Waals surface area contributed by atoms with Gasteiger partial charge < -0.3 is 10.4 Å². The summed E-state index contributed by atoms with van der Waals surface area (Å²) in [6.45, 7) is 4.16. The highest BCUT2D eigenvalue weighted by atomic mass is 16.3. The molecule has 4 heteroatoms. The first-order chi connectivity index (χ1) is 10.1. The van der Waals surface area contributed by atoms with E-state index in [2.05, 4.69) is 30.3 Å². The minimum absolute atomic E-state index is 0.112. The molecule has 1 aliphatic rings. The largest absolute Gasteiger partial charge is 0.508 e. The quantitative estimate of drug-likeness (QED) is 0.910. The van der Waals surface area contributed by atoms with Crippen LogP contribution in [-0.4, -0.2) is 14.9 Å². The Labute approximate surface area is 125 Å². The molecular weight excluding hydrogens is 262 g/mol. The second-order valence-electron chi connectivity index (χ2n) is 6.07. The van der Waals surface area contributed by atoms with Gasteiger partial charge in [0.1, 0.15) is 5.75 Å². The molecule has 1 aromatic heterocycles. The van der Waals surface area contributed by atoms with Gasteiger partial charge in [-0.25, -0.2) is 0 Å². The van der Waals surface area contributed by atoms with Gasteiger partial charge in [0.2, 0.25) is 0 Å². The molecule has 0 bridgehead atoms. The van der Waals surface area contributed by atoms with Gasteiger partial charge in [-0.3, -0.25) is 4.68 Å². The van der Waals surface area contributed by atoms with Crippen LogP contribution in [-0.2, 0) is 13.5 Å². The van der Waals surface area contributed by atoms with Crippen molar-refractivity contribution in [1.29, 1.82) is 0 Å². The molecule has 0 saturated heterocycles. The molecule has 2 unspecified atom stereocenters. The molecule has 0 saturated carbocycles. The van der Waals surface area contributed by atoms with Crippen molar-refractivity contribution in [3.8, 4) is 5.75 Å². The lowest BCUT2D eigenvalue weighted by atomic mass is 9.91. The number of nitrogens with one attached hydrogen (secondary N) is 1. The van der Waals surface area contributed by atoms with E-state index in [1.54, 1.807) is 6.07 Å². The van der Waals surface area contributed by atoms with Crippen LogP contribution < -0.4 is 5.32 Å². The van der Waals surface area contributed by atoms with Gasteiger partial charge in [0, 0.05) is 36.0 Å². The zero-order valence-electron chi connectivity index (χ0n) is 12.9. The van der Waals surface area contributed by atoms with E-state index in [0.717, 1.165) is 18.4 Å². The second kappa shape index (κ2) is 5.53. The molecule has 2 N–H and O–H groups in total. The number of aromatic hydroxyl groups is 1. The molecule has 112 valence electrons. The smallest absolute Gasteiger partial charge is 0.120 e. The Morgan fingerprint density at radius 2 is 2.24 bits per heavy atom. The molecular formula is C17H23N3O. The zero-order chi connectivity index (χ0) is 15.0. The van der Waals surface area contributed by atoms with E-state index in [-0.39, 0.29) is 6.04 Å². The summed E-state index contributed by atoms with van der Waals surface area (Å²) >= 11 is 0. The predicted octanol–water partition coefficient (Wildman–Crippen LogP) is 3.16. The van der Waals surface area contributed by atoms with Crippen molar-refractivity contribution >= 4 is 0 Å². The number of phenols is 1. The van der Waals surface area contributed by atoms with Crippen molar-refractivity contribution in [3.63, 3.8) is 0 Å². The summed E-state index contributed by atoms with van der Waals surface area (Å²) < 4.78 is 1.98. The van der Waals surface area contributed by atoms with Crippen LogP contribution >= 0.6 is 0 Å². The first-order valence-electron chi connectivity index (χ1n) is 7.62. The Hall–Kier alpha value is -1.81. The van der Waals surface area contributed by atoms with Crippen molar-refractivity contribution < 1.29 is 5.11 Å². The fraction of sp³-hybridized carbons (Fsp3) is 0.471. The monoisotopic (exact) mass is 285 g/mol. The Morgan fingerprint density at radius 1 is 1.43 bits per heavy atom. The maximum absolute atomic E-state index is 10.1. The van der Waals surface area contributed by atoms with Crippen LogP contribution in [0.5, 0.6) is 5.75 Å². The molecule has 3 rings (SSSR count). The average Bonchev–Trinajstić information content (AvgIpc) is 2.84. The molecule has 0 fully saturated rings. The van der Waals surface area contributed by atoms with Gasteiger partial charge in [-0.2, -0.15) is 5.10 Å². The minimum atomic E-state index is 0.112. The molecule has 0 radical (unpaired) electrons. The topological polar surface area (TPSA) is 50.1 Å². The highest BCUT2D eigenvalue weighted by Crippen LogP contribution is 2.33. The van der Waals surface area contributed by atoms with Crippen molar-refractivity contribution in [3.05, 3.63) is 46.8 Å². The lowest BCUT2D eigenvalue weighted by Crippen LogP contribution is -2.27. The van der Waals surface area contributed by atoms with Crippen molar-refractivity contribution in [1.82, 2.24) is 15.1 Å². The van der Waals surface area contributed by atoms with Crippen molar-refractivity contribution in [2.75, 3.05) is 0 Å². The van der Waals surface area contributed by atoms with E-state index in [0.29, 0.717) is 11.8 Å². The summed E-state index contributed by atoms with van der Waals surface area (Å²) in [4.78, 5) is 0. The molecule has 4 nitrogen and oxygen atoms in total. The summed E-state index contributed by atoms with van der Waals surface area (Å²) in [5.74, 6) is 0.364. The fourth-order valence-electron chi connectivity index (χ4n) is 3.29. The third kappa shape index (κ3) is 2.68. The summed E-state index contributed by atoms with van der Waals surface area (Å²) in [6, 6.07) is 6.20. The molecule has 0 spiro atoms. The Balaban J connectivity index is 1.82. The van der Waals surface area contributed by atoms with Gasteiger partial charge in [0.05, 0.1) is 6.20 Å². The number of aromatic nitrogens is 2. The number of rotatable bonds is 3. The summed E-state index contributed by atoms with van der Waals surface area (Å²) in [5, 5.41) is 18.1. The Kier molecular flexibility index (Phi) is 3.72. The maximum atomic E-state index is 10.1. The highest BCUT2D eigenvalue weighted by molar-refractivity contribution is 5.38. The number of nitrogens with zero attached hydrogens (tertiary/aromatic N) is 2. The van der Waals surface area contributed by atoms with Crippen LogP contribution in [0.3, 0.4) is 0 Å². The van der Waals surface area contributed by atoms with Crippen molar-refractivity contribution in [2.24, 2.45) is 7.05 Å². The number of fused-ring (bicyclic) bond motifs is 1. The number of aryl methyl sites for hydroxylation is 2. The number of benzene rings is 1. The number of hydrogen-bond acceptors (Lipinski definition) is 3. The minimum Gasteiger partial charge on any atom is -0.508 e. The van der Waals surface area contributed by atoms with Crippen LogP contribution in [0.2, 0.25) is 0 Å². The number of phenolic OH excluding ortho intramolecular Hbond substituents is 1. The van der Waals surface area contributed by atoms with Crippen LogP contribution in [0.15, 0.2) is 24.4 Å². The zero-order valence-corrected chi connectivity index (χ0v) is 12.9. The van der Waals surface area contributed by atoms with E-state index in [9.17, 15) is 5.11 Å². The lowest BCUT2D eigenvalue weighted by molar-refractivity contribution is 0.397.